The summed E-state index contributed by atoms with van der Waals surface area (Å²) in [5.74, 6) is -0.709. The molecule has 2 N–H and O–H groups in total. The van der Waals surface area contributed by atoms with Crippen LogP contribution >= 0.6 is 11.6 Å². The third kappa shape index (κ3) is 4.41. The van der Waals surface area contributed by atoms with Gasteiger partial charge in [-0.2, -0.15) is 0 Å². The third-order valence-electron chi connectivity index (χ3n) is 5.10. The van der Waals surface area contributed by atoms with Gasteiger partial charge >= 0.3 is 6.09 Å². The maximum atomic E-state index is 14.4. The Hall–Kier alpha value is -1.86. The molecule has 2 fully saturated rings. The van der Waals surface area contributed by atoms with Crippen molar-refractivity contribution in [1.82, 2.24) is 10.2 Å². The molecule has 2 amide bonds. The molecule has 1 saturated heterocycles. The van der Waals surface area contributed by atoms with Crippen molar-refractivity contribution in [2.75, 3.05) is 6.61 Å². The van der Waals surface area contributed by atoms with Crippen LogP contribution in [-0.2, 0) is 9.53 Å². The van der Waals surface area contributed by atoms with Crippen molar-refractivity contribution < 1.29 is 23.8 Å². The van der Waals surface area contributed by atoms with Crippen molar-refractivity contribution in [3.63, 3.8) is 0 Å². The largest absolute Gasteiger partial charge is 0.444 e. The molecule has 1 saturated carbocycles. The minimum atomic E-state index is -0.742. The molecule has 28 heavy (non-hydrogen) atoms. The molecule has 0 unspecified atom stereocenters. The van der Waals surface area contributed by atoms with E-state index < -0.39 is 29.6 Å². The van der Waals surface area contributed by atoms with Crippen molar-refractivity contribution in [2.45, 2.75) is 63.8 Å². The van der Waals surface area contributed by atoms with Crippen LogP contribution in [0.1, 0.15) is 51.6 Å². The summed E-state index contributed by atoms with van der Waals surface area (Å²) in [5.41, 5.74) is -0.448. The second-order valence-corrected chi connectivity index (χ2v) is 8.83. The normalized spacial score (nSPS) is 24.5. The lowest BCUT2D eigenvalue weighted by atomic mass is 10.0. The molecule has 0 bridgehead atoms. The van der Waals surface area contributed by atoms with Crippen LogP contribution in [0.2, 0.25) is 5.02 Å². The van der Waals surface area contributed by atoms with E-state index in [2.05, 4.69) is 5.32 Å². The highest BCUT2D eigenvalue weighted by atomic mass is 35.5. The van der Waals surface area contributed by atoms with Gasteiger partial charge in [-0.25, -0.2) is 9.18 Å². The zero-order chi connectivity index (χ0) is 20.6. The Morgan fingerprint density at radius 2 is 2.11 bits per heavy atom. The van der Waals surface area contributed by atoms with Crippen molar-refractivity contribution >= 4 is 23.6 Å². The van der Waals surface area contributed by atoms with Crippen molar-refractivity contribution in [1.29, 1.82) is 0 Å². The summed E-state index contributed by atoms with van der Waals surface area (Å²) < 4.78 is 19.9. The summed E-state index contributed by atoms with van der Waals surface area (Å²) in [4.78, 5) is 27.1. The molecule has 0 aromatic heterocycles. The van der Waals surface area contributed by atoms with Crippen LogP contribution in [0.15, 0.2) is 18.2 Å². The molecule has 0 radical (unpaired) electrons. The Kier molecular flexibility index (Phi) is 5.87. The van der Waals surface area contributed by atoms with Gasteiger partial charge in [-0.05, 0) is 52.0 Å². The van der Waals surface area contributed by atoms with E-state index in [1.165, 1.54) is 17.0 Å². The van der Waals surface area contributed by atoms with Crippen molar-refractivity contribution in [3.8, 4) is 0 Å². The molecule has 154 valence electrons. The maximum Gasteiger partial charge on any atom is 0.411 e. The molecule has 1 aromatic rings. The number of aliphatic hydroxyl groups excluding tert-OH is 1. The first-order chi connectivity index (χ1) is 13.1. The van der Waals surface area contributed by atoms with Gasteiger partial charge in [0.15, 0.2) is 0 Å². The van der Waals surface area contributed by atoms with E-state index in [1.807, 2.05) is 0 Å². The predicted octanol–water partition coefficient (Wildman–Crippen LogP) is 3.42. The van der Waals surface area contributed by atoms with E-state index in [1.54, 1.807) is 26.8 Å². The molecule has 4 atom stereocenters. The van der Waals surface area contributed by atoms with Gasteiger partial charge in [0.1, 0.15) is 17.5 Å². The number of benzene rings is 1. The van der Waals surface area contributed by atoms with Gasteiger partial charge < -0.3 is 15.2 Å². The lowest BCUT2D eigenvalue weighted by Gasteiger charge is -2.31. The first-order valence-electron chi connectivity index (χ1n) is 9.49. The van der Waals surface area contributed by atoms with Crippen molar-refractivity contribution in [3.05, 3.63) is 34.6 Å². The molecule has 0 spiro atoms. The number of halogens is 2. The predicted molar refractivity (Wildman–Crippen MR) is 102 cm³/mol. The number of nitrogens with zero attached hydrogens (tertiary/aromatic N) is 1. The van der Waals surface area contributed by atoms with Crippen LogP contribution in [0, 0.1) is 11.7 Å². The highest BCUT2D eigenvalue weighted by Gasteiger charge is 2.57. The Bertz CT molecular complexity index is 767. The summed E-state index contributed by atoms with van der Waals surface area (Å²) in [6.45, 7) is 5.10. The number of likely N-dealkylation sites (tertiary alicyclic amines) is 1. The second kappa shape index (κ2) is 7.87. The smallest absolute Gasteiger partial charge is 0.411 e. The standard InChI is InChI=1S/C20H26ClFN2O4/c1-20(2,3)28-19(27)24-15-9-11(15)10-16(24)18(26)23-14(7-8-25)12-5-4-6-13(21)17(12)22/h4-6,11,14-16,25H,7-10H2,1-3H3,(H,23,26)/t11-,14-,15-,16+/m1/s1. The highest BCUT2D eigenvalue weighted by Crippen LogP contribution is 2.48. The van der Waals surface area contributed by atoms with E-state index >= 15 is 0 Å². The first-order valence-corrected chi connectivity index (χ1v) is 9.86. The van der Waals surface area contributed by atoms with E-state index in [0.29, 0.717) is 12.3 Å². The lowest BCUT2D eigenvalue weighted by Crippen LogP contribution is -2.50. The zero-order valence-corrected chi connectivity index (χ0v) is 17.0. The van der Waals surface area contributed by atoms with Crippen LogP contribution in [0.4, 0.5) is 9.18 Å². The van der Waals surface area contributed by atoms with Gasteiger partial charge in [0.05, 0.1) is 11.1 Å². The van der Waals surface area contributed by atoms with E-state index in [4.69, 9.17) is 16.3 Å². The minimum Gasteiger partial charge on any atom is -0.444 e. The molecular formula is C20H26ClFN2O4. The molecule has 1 aromatic carbocycles. The summed E-state index contributed by atoms with van der Waals surface area (Å²) in [6.07, 6.45) is 1.05. The molecule has 6 nitrogen and oxygen atoms in total. The van der Waals surface area contributed by atoms with E-state index in [9.17, 15) is 19.1 Å². The average molecular weight is 413 g/mol. The van der Waals surface area contributed by atoms with Crippen LogP contribution in [0.5, 0.6) is 0 Å². The second-order valence-electron chi connectivity index (χ2n) is 8.42. The third-order valence-corrected chi connectivity index (χ3v) is 5.39. The number of rotatable bonds is 5. The zero-order valence-electron chi connectivity index (χ0n) is 16.2. The van der Waals surface area contributed by atoms with Gasteiger partial charge in [-0.3, -0.25) is 9.69 Å². The number of ether oxygens (including phenoxy) is 1. The topological polar surface area (TPSA) is 78.9 Å². The molecule has 2 aliphatic rings. The number of aliphatic hydroxyl groups is 1. The molecule has 8 heteroatoms. The van der Waals surface area contributed by atoms with Crippen LogP contribution in [0.25, 0.3) is 0 Å². The van der Waals surface area contributed by atoms with E-state index in [-0.39, 0.29) is 35.6 Å². The number of piperidine rings is 1. The van der Waals surface area contributed by atoms with Gasteiger partial charge in [0, 0.05) is 18.2 Å². The number of amides is 2. The number of carbonyl (C=O) groups excluding carboxylic acids is 2. The fourth-order valence-electron chi connectivity index (χ4n) is 3.76. The number of fused-ring (bicyclic) bond motifs is 1. The van der Waals surface area contributed by atoms with Crippen molar-refractivity contribution in [2.24, 2.45) is 5.92 Å². The monoisotopic (exact) mass is 412 g/mol. The van der Waals surface area contributed by atoms with Crippen LogP contribution in [-0.4, -0.2) is 46.3 Å². The Morgan fingerprint density at radius 1 is 1.39 bits per heavy atom. The fourth-order valence-corrected chi connectivity index (χ4v) is 3.94. The Morgan fingerprint density at radius 3 is 2.75 bits per heavy atom. The van der Waals surface area contributed by atoms with Gasteiger partial charge in [-0.15, -0.1) is 0 Å². The molecule has 1 aliphatic carbocycles. The SMILES string of the molecule is CC(C)(C)OC(=O)N1[C@@H]2C[C@@H]2C[C@H]1C(=O)N[C@H](CCO)c1cccc(Cl)c1F. The Balaban J connectivity index is 1.76. The van der Waals surface area contributed by atoms with Crippen LogP contribution < -0.4 is 5.32 Å². The molecule has 1 heterocycles. The fraction of sp³-hybridized carbons (Fsp3) is 0.600. The number of carbonyl (C=O) groups is 2. The molecular weight excluding hydrogens is 387 g/mol. The summed E-state index contributed by atoms with van der Waals surface area (Å²) in [7, 11) is 0. The number of hydrogen-bond donors (Lipinski definition) is 2. The maximum absolute atomic E-state index is 14.4. The molecule has 3 rings (SSSR count). The average Bonchev–Trinajstić information content (AvgIpc) is 3.24. The summed E-state index contributed by atoms with van der Waals surface area (Å²) in [6, 6.07) is 3.15. The van der Waals surface area contributed by atoms with Gasteiger partial charge in [0.2, 0.25) is 5.91 Å². The minimum absolute atomic E-state index is 0.0183. The Labute approximate surface area is 169 Å². The summed E-state index contributed by atoms with van der Waals surface area (Å²) in [5, 5.41) is 12.1. The van der Waals surface area contributed by atoms with Crippen LogP contribution in [0.3, 0.4) is 0 Å². The quantitative estimate of drug-likeness (QED) is 0.776. The van der Waals surface area contributed by atoms with Gasteiger partial charge in [0.25, 0.3) is 0 Å². The highest BCUT2D eigenvalue weighted by molar-refractivity contribution is 6.30. The van der Waals surface area contributed by atoms with Gasteiger partial charge in [-0.1, -0.05) is 23.7 Å². The van der Waals surface area contributed by atoms with E-state index in [0.717, 1.165) is 6.42 Å². The number of hydrogen-bond acceptors (Lipinski definition) is 4. The number of nitrogens with one attached hydrogen (secondary N) is 1. The summed E-state index contributed by atoms with van der Waals surface area (Å²) >= 11 is 5.85. The molecule has 1 aliphatic heterocycles. The lowest BCUT2D eigenvalue weighted by molar-refractivity contribution is -0.127. The first kappa shape index (κ1) is 20.9.